The molecule has 0 bridgehead atoms. The fourth-order valence-electron chi connectivity index (χ4n) is 12.7. The third-order valence-electron chi connectivity index (χ3n) is 16.5. The first kappa shape index (κ1) is 46.1. The first-order chi connectivity index (χ1) is 34.1. The maximum atomic E-state index is 2.69. The summed E-state index contributed by atoms with van der Waals surface area (Å²) < 4.78 is 2.69. The maximum Gasteiger partial charge on any atom is 0.252 e. The van der Waals surface area contributed by atoms with Gasteiger partial charge in [0.05, 0.1) is 5.69 Å². The molecule has 0 spiro atoms. The smallest absolute Gasteiger partial charge is 0.252 e. The zero-order valence-electron chi connectivity index (χ0n) is 44.9. The van der Waals surface area contributed by atoms with Gasteiger partial charge in [-0.05, 0) is 152 Å². The number of rotatable bonds is 5. The second kappa shape index (κ2) is 15.7. The van der Waals surface area contributed by atoms with Crippen LogP contribution in [0.15, 0.2) is 158 Å². The molecule has 358 valence electrons. The monoisotopic (exact) mass is 938 g/mol. The average molecular weight is 938 g/mol. The molecule has 0 N–H and O–H groups in total. The minimum Gasteiger partial charge on any atom is -0.313 e. The second-order valence-electron chi connectivity index (χ2n) is 24.9. The van der Waals surface area contributed by atoms with Gasteiger partial charge in [-0.25, -0.2) is 0 Å². The predicted octanol–water partition coefficient (Wildman–Crippen LogP) is 16.5. The minimum absolute atomic E-state index is 0.00330. The predicted molar refractivity (Wildman–Crippen MR) is 311 cm³/mol. The summed E-state index contributed by atoms with van der Waals surface area (Å²) in [6.07, 6.45) is 0. The van der Waals surface area contributed by atoms with E-state index in [4.69, 9.17) is 0 Å². The van der Waals surface area contributed by atoms with E-state index >= 15 is 0 Å². The van der Waals surface area contributed by atoms with Gasteiger partial charge in [0.25, 0.3) is 6.71 Å². The van der Waals surface area contributed by atoms with Gasteiger partial charge in [-0.15, -0.1) is 0 Å². The fraction of sp³-hybridized carbons (Fsp3) is 0.265. The maximum absolute atomic E-state index is 2.69. The first-order valence-electron chi connectivity index (χ1n) is 26.2. The summed E-state index contributed by atoms with van der Waals surface area (Å²) in [7, 11) is 0. The van der Waals surface area contributed by atoms with Gasteiger partial charge in [0, 0.05) is 67.3 Å². The van der Waals surface area contributed by atoms with Crippen LogP contribution < -0.4 is 26.2 Å². The molecule has 0 fully saturated rings. The van der Waals surface area contributed by atoms with Gasteiger partial charge in [0.2, 0.25) is 0 Å². The van der Waals surface area contributed by atoms with Crippen LogP contribution in [0.25, 0.3) is 38.8 Å². The number of nitrogens with zero attached hydrogens (tertiary/aromatic N) is 3. The van der Waals surface area contributed by atoms with E-state index in [-0.39, 0.29) is 28.4 Å². The van der Waals surface area contributed by atoms with Gasteiger partial charge in [0.15, 0.2) is 0 Å². The van der Waals surface area contributed by atoms with Crippen LogP contribution in [0.4, 0.5) is 34.1 Å². The SMILES string of the molecule is Cc1cc2c3c(c1)-n1c4c(c5cccc(c51)B3c1ccc(N(c3ccc(C(C)(C)C)cc3C)c3ccc(C(C)(C)C)cc3C)cc1N2c1ccc(C(C)(C)C)cc1-c1ccccc1)-c1ccccc1C4(C)C. The zero-order chi connectivity index (χ0) is 50.6. The topological polar surface area (TPSA) is 11.4 Å². The van der Waals surface area contributed by atoms with Crippen molar-refractivity contribution >= 4 is 68.1 Å². The van der Waals surface area contributed by atoms with E-state index < -0.39 is 0 Å². The van der Waals surface area contributed by atoms with Gasteiger partial charge in [-0.2, -0.15) is 0 Å². The number of anilines is 6. The lowest BCUT2D eigenvalue weighted by molar-refractivity contribution is 0.589. The van der Waals surface area contributed by atoms with E-state index in [2.05, 4.69) is 269 Å². The van der Waals surface area contributed by atoms with Crippen LogP contribution >= 0.6 is 0 Å². The molecule has 3 heterocycles. The summed E-state index contributed by atoms with van der Waals surface area (Å²) >= 11 is 0. The van der Waals surface area contributed by atoms with E-state index in [1.807, 2.05) is 0 Å². The van der Waals surface area contributed by atoms with Crippen LogP contribution in [-0.2, 0) is 21.7 Å². The molecule has 9 aromatic rings. The molecular weight excluding hydrogens is 870 g/mol. The summed E-state index contributed by atoms with van der Waals surface area (Å²) in [5.41, 5.74) is 29.3. The van der Waals surface area contributed by atoms with Crippen molar-refractivity contribution in [2.24, 2.45) is 0 Å². The van der Waals surface area contributed by atoms with Gasteiger partial charge >= 0.3 is 0 Å². The Bertz CT molecular complexity index is 3650. The lowest BCUT2D eigenvalue weighted by Gasteiger charge is -2.42. The number of aryl methyl sites for hydroxylation is 3. The van der Waals surface area contributed by atoms with Crippen LogP contribution in [0.3, 0.4) is 0 Å². The van der Waals surface area contributed by atoms with Crippen molar-refractivity contribution in [2.45, 2.75) is 119 Å². The molecule has 1 aromatic heterocycles. The lowest BCUT2D eigenvalue weighted by atomic mass is 9.33. The molecule has 3 nitrogen and oxygen atoms in total. The number of benzene rings is 8. The van der Waals surface area contributed by atoms with Crippen molar-refractivity contribution in [1.82, 2.24) is 4.57 Å². The third kappa shape index (κ3) is 6.84. The average Bonchev–Trinajstić information content (AvgIpc) is 3.81. The number of hydrogen-bond acceptors (Lipinski definition) is 2. The number of fused-ring (bicyclic) bond motifs is 9. The molecule has 72 heavy (non-hydrogen) atoms. The highest BCUT2D eigenvalue weighted by molar-refractivity contribution is 7.00. The molecule has 0 atom stereocenters. The largest absolute Gasteiger partial charge is 0.313 e. The van der Waals surface area contributed by atoms with Crippen molar-refractivity contribution in [3.05, 3.63) is 202 Å². The van der Waals surface area contributed by atoms with Crippen molar-refractivity contribution in [3.63, 3.8) is 0 Å². The van der Waals surface area contributed by atoms with Crippen LogP contribution in [0.5, 0.6) is 0 Å². The van der Waals surface area contributed by atoms with Gasteiger partial charge in [-0.1, -0.05) is 185 Å². The minimum atomic E-state index is -0.202. The van der Waals surface area contributed by atoms with Crippen molar-refractivity contribution in [3.8, 4) is 27.9 Å². The Kier molecular flexibility index (Phi) is 10.1. The number of hydrogen-bond donors (Lipinski definition) is 0. The van der Waals surface area contributed by atoms with E-state index in [9.17, 15) is 0 Å². The number of aromatic nitrogens is 1. The standard InChI is InChI=1S/C68H68BN3/c1-41-35-59-62-60(36-41)72-63-50(61-49-23-18-19-25-52(49)68(13,14)64(61)72)24-20-26-54(63)69(62)53-31-30-48(40-58(53)71(59)57-34-29-47(67(10,11)12)39-51(57)44-21-16-15-17-22-44)70(55-32-27-45(37-42(55)2)65(4,5)6)56-33-28-46(38-43(56)3)66(7,8)9/h15-40H,1-14H3. The molecule has 0 unspecified atom stereocenters. The first-order valence-corrected chi connectivity index (χ1v) is 26.2. The van der Waals surface area contributed by atoms with Crippen molar-refractivity contribution in [1.29, 1.82) is 0 Å². The molecule has 0 saturated carbocycles. The Balaban J connectivity index is 1.19. The number of para-hydroxylation sites is 1. The normalized spacial score (nSPS) is 14.3. The van der Waals surface area contributed by atoms with Crippen molar-refractivity contribution in [2.75, 3.05) is 9.80 Å². The Morgan fingerprint density at radius 2 is 1.08 bits per heavy atom. The molecule has 0 amide bonds. The summed E-state index contributed by atoms with van der Waals surface area (Å²) in [4.78, 5) is 5.19. The molecule has 12 rings (SSSR count). The lowest BCUT2D eigenvalue weighted by Crippen LogP contribution is -2.60. The summed E-state index contributed by atoms with van der Waals surface area (Å²) in [6, 6.07) is 61.2. The second-order valence-corrected chi connectivity index (χ2v) is 24.9. The van der Waals surface area contributed by atoms with Crippen LogP contribution in [0.2, 0.25) is 0 Å². The highest BCUT2D eigenvalue weighted by atomic mass is 15.2. The Labute approximate surface area is 429 Å². The van der Waals surface area contributed by atoms with Gasteiger partial charge < -0.3 is 14.4 Å². The Morgan fingerprint density at radius 1 is 0.486 bits per heavy atom. The Hall–Kier alpha value is -7.04. The highest BCUT2D eigenvalue weighted by Gasteiger charge is 2.47. The van der Waals surface area contributed by atoms with Crippen LogP contribution in [-0.4, -0.2) is 11.3 Å². The third-order valence-corrected chi connectivity index (χ3v) is 16.5. The molecule has 1 aliphatic carbocycles. The summed E-state index contributed by atoms with van der Waals surface area (Å²) in [6.45, 7) is 32.6. The molecular formula is C68H68BN3. The quantitative estimate of drug-likeness (QED) is 0.159. The zero-order valence-corrected chi connectivity index (χ0v) is 44.9. The molecule has 2 aliphatic heterocycles. The highest BCUT2D eigenvalue weighted by Crippen LogP contribution is 2.55. The molecule has 0 radical (unpaired) electrons. The van der Waals surface area contributed by atoms with Crippen molar-refractivity contribution < 1.29 is 0 Å². The van der Waals surface area contributed by atoms with Gasteiger partial charge in [0.1, 0.15) is 0 Å². The summed E-state index contributed by atoms with van der Waals surface area (Å²) in [5.74, 6) is 0. The van der Waals surface area contributed by atoms with Crippen LogP contribution in [0.1, 0.15) is 121 Å². The van der Waals surface area contributed by atoms with E-state index in [1.54, 1.807) is 0 Å². The van der Waals surface area contributed by atoms with E-state index in [0.717, 1.165) is 5.69 Å². The van der Waals surface area contributed by atoms with E-state index in [1.165, 1.54) is 128 Å². The molecule has 3 aliphatic rings. The van der Waals surface area contributed by atoms with E-state index in [0.29, 0.717) is 0 Å². The molecule has 0 saturated heterocycles. The molecule has 4 heteroatoms. The summed E-state index contributed by atoms with van der Waals surface area (Å²) in [5, 5.41) is 1.34. The van der Waals surface area contributed by atoms with Crippen LogP contribution in [0, 0.1) is 20.8 Å². The Morgan fingerprint density at radius 3 is 1.72 bits per heavy atom. The van der Waals surface area contributed by atoms with Gasteiger partial charge in [-0.3, -0.25) is 0 Å². The fourth-order valence-corrected chi connectivity index (χ4v) is 12.7. The molecule has 8 aromatic carbocycles.